The van der Waals surface area contributed by atoms with E-state index < -0.39 is 12.0 Å². The fourth-order valence-corrected chi connectivity index (χ4v) is 3.35. The van der Waals surface area contributed by atoms with Crippen LogP contribution in [0.3, 0.4) is 0 Å². The molecule has 6 heteroatoms. The molecule has 20 heavy (non-hydrogen) atoms. The van der Waals surface area contributed by atoms with E-state index in [1.54, 1.807) is 0 Å². The van der Waals surface area contributed by atoms with E-state index in [4.69, 9.17) is 9.84 Å². The van der Waals surface area contributed by atoms with Crippen molar-refractivity contribution in [1.29, 1.82) is 0 Å². The molecule has 2 aliphatic heterocycles. The Bertz CT molecular complexity index is 349. The van der Waals surface area contributed by atoms with Crippen molar-refractivity contribution < 1.29 is 19.4 Å². The second-order valence-corrected chi connectivity index (χ2v) is 5.92. The average Bonchev–Trinajstić information content (AvgIpc) is 2.73. The smallest absolute Gasteiger partial charge is 0.326 e. The number of carboxylic acids is 1. The van der Waals surface area contributed by atoms with Gasteiger partial charge in [-0.1, -0.05) is 0 Å². The molecule has 2 rings (SSSR count). The first-order valence-electron chi connectivity index (χ1n) is 7.35. The largest absolute Gasteiger partial charge is 0.480 e. The summed E-state index contributed by atoms with van der Waals surface area (Å²) in [7, 11) is 1.52. The number of piperidine rings is 1. The van der Waals surface area contributed by atoms with E-state index in [1.807, 2.05) is 0 Å². The van der Waals surface area contributed by atoms with E-state index in [9.17, 15) is 9.59 Å². The standard InChI is InChI=1S/C14H24N2O4/c1-20-5-4-12(14(18)19)16-13(17)8-9-6-10-2-3-11(7-9)15-10/h9-12,15H,2-8H2,1H3,(H,16,17)(H,18,19). The first-order valence-corrected chi connectivity index (χ1v) is 7.35. The Hall–Kier alpha value is -1.14. The van der Waals surface area contributed by atoms with Crippen LogP contribution >= 0.6 is 0 Å². The van der Waals surface area contributed by atoms with Gasteiger partial charge in [-0.05, 0) is 31.6 Å². The molecule has 0 saturated carbocycles. The zero-order chi connectivity index (χ0) is 14.5. The number of carboxylic acid groups (broad SMARTS) is 1. The van der Waals surface area contributed by atoms with Gasteiger partial charge in [-0.15, -0.1) is 0 Å². The summed E-state index contributed by atoms with van der Waals surface area (Å²) in [6.07, 6.45) is 5.20. The highest BCUT2D eigenvalue weighted by atomic mass is 16.5. The predicted molar refractivity (Wildman–Crippen MR) is 73.3 cm³/mol. The number of carbonyl (C=O) groups excluding carboxylic acids is 1. The van der Waals surface area contributed by atoms with E-state index in [2.05, 4.69) is 10.6 Å². The van der Waals surface area contributed by atoms with Gasteiger partial charge >= 0.3 is 5.97 Å². The first kappa shape index (κ1) is 15.3. The molecule has 2 heterocycles. The van der Waals surface area contributed by atoms with E-state index in [1.165, 1.54) is 20.0 Å². The predicted octanol–water partition coefficient (Wildman–Crippen LogP) is 0.513. The van der Waals surface area contributed by atoms with Crippen LogP contribution in [0.15, 0.2) is 0 Å². The van der Waals surface area contributed by atoms with Gasteiger partial charge in [-0.25, -0.2) is 4.79 Å². The zero-order valence-electron chi connectivity index (χ0n) is 11.9. The molecule has 2 aliphatic rings. The van der Waals surface area contributed by atoms with Crippen molar-refractivity contribution in [3.8, 4) is 0 Å². The van der Waals surface area contributed by atoms with Crippen molar-refractivity contribution >= 4 is 11.9 Å². The molecule has 2 saturated heterocycles. The molecular formula is C14H24N2O4. The van der Waals surface area contributed by atoms with Crippen molar-refractivity contribution in [2.45, 2.75) is 56.7 Å². The summed E-state index contributed by atoms with van der Waals surface area (Å²) in [5, 5.41) is 15.2. The van der Waals surface area contributed by atoms with Crippen LogP contribution in [0.2, 0.25) is 0 Å². The quantitative estimate of drug-likeness (QED) is 0.634. The van der Waals surface area contributed by atoms with Crippen molar-refractivity contribution in [2.24, 2.45) is 5.92 Å². The Kier molecular flexibility index (Phi) is 5.37. The van der Waals surface area contributed by atoms with Gasteiger partial charge < -0.3 is 20.5 Å². The van der Waals surface area contributed by atoms with Crippen molar-refractivity contribution in [2.75, 3.05) is 13.7 Å². The molecule has 0 radical (unpaired) electrons. The number of nitrogens with one attached hydrogen (secondary N) is 2. The van der Waals surface area contributed by atoms with E-state index in [0.717, 1.165) is 12.8 Å². The van der Waals surface area contributed by atoms with Gasteiger partial charge in [0.25, 0.3) is 0 Å². The lowest BCUT2D eigenvalue weighted by molar-refractivity contribution is -0.142. The number of aliphatic carboxylic acids is 1. The van der Waals surface area contributed by atoms with Gasteiger partial charge in [0.1, 0.15) is 6.04 Å². The number of carbonyl (C=O) groups is 2. The second-order valence-electron chi connectivity index (χ2n) is 5.92. The van der Waals surface area contributed by atoms with Crippen LogP contribution in [0.4, 0.5) is 0 Å². The number of amides is 1. The number of ether oxygens (including phenoxy) is 1. The maximum Gasteiger partial charge on any atom is 0.326 e. The lowest BCUT2D eigenvalue weighted by Crippen LogP contribution is -2.44. The third-order valence-electron chi connectivity index (χ3n) is 4.29. The molecule has 1 amide bonds. The van der Waals surface area contributed by atoms with Crippen molar-refractivity contribution in [3.63, 3.8) is 0 Å². The van der Waals surface area contributed by atoms with Gasteiger partial charge in [0.2, 0.25) is 5.91 Å². The van der Waals surface area contributed by atoms with Gasteiger partial charge in [0.15, 0.2) is 0 Å². The molecule has 2 bridgehead atoms. The maximum atomic E-state index is 12.0. The Morgan fingerprint density at radius 3 is 2.55 bits per heavy atom. The molecule has 0 aromatic heterocycles. The first-order chi connectivity index (χ1) is 9.58. The van der Waals surface area contributed by atoms with Gasteiger partial charge in [0, 0.05) is 38.6 Å². The molecule has 114 valence electrons. The summed E-state index contributed by atoms with van der Waals surface area (Å²) < 4.78 is 4.87. The third kappa shape index (κ3) is 4.18. The summed E-state index contributed by atoms with van der Waals surface area (Å²) >= 11 is 0. The highest BCUT2D eigenvalue weighted by Crippen LogP contribution is 2.32. The molecule has 6 nitrogen and oxygen atoms in total. The zero-order valence-corrected chi connectivity index (χ0v) is 11.9. The number of methoxy groups -OCH3 is 1. The van der Waals surface area contributed by atoms with Crippen LogP contribution in [0.1, 0.15) is 38.5 Å². The van der Waals surface area contributed by atoms with E-state index >= 15 is 0 Å². The molecule has 3 unspecified atom stereocenters. The number of rotatable bonds is 7. The highest BCUT2D eigenvalue weighted by molar-refractivity contribution is 5.83. The Balaban J connectivity index is 1.77. The summed E-state index contributed by atoms with van der Waals surface area (Å²) in [5.41, 5.74) is 0. The Labute approximate surface area is 119 Å². The molecule has 3 atom stereocenters. The van der Waals surface area contributed by atoms with Crippen LogP contribution in [0.5, 0.6) is 0 Å². The molecule has 0 spiro atoms. The van der Waals surface area contributed by atoms with Crippen molar-refractivity contribution in [3.05, 3.63) is 0 Å². The SMILES string of the molecule is COCCC(NC(=O)CC1CC2CCC(C1)N2)C(=O)O. The summed E-state index contributed by atoms with van der Waals surface area (Å²) in [5.74, 6) is -0.772. The maximum absolute atomic E-state index is 12.0. The van der Waals surface area contributed by atoms with Crippen LogP contribution < -0.4 is 10.6 Å². The topological polar surface area (TPSA) is 87.7 Å². The molecule has 0 aromatic rings. The Morgan fingerprint density at radius 1 is 1.35 bits per heavy atom. The normalized spacial score (nSPS) is 29.9. The molecule has 0 aliphatic carbocycles. The lowest BCUT2D eigenvalue weighted by Gasteiger charge is -2.29. The molecule has 3 N–H and O–H groups in total. The molecular weight excluding hydrogens is 260 g/mol. The van der Waals surface area contributed by atoms with Crippen molar-refractivity contribution in [1.82, 2.24) is 10.6 Å². The summed E-state index contributed by atoms with van der Waals surface area (Å²) in [6, 6.07) is 0.256. The number of hydrogen-bond acceptors (Lipinski definition) is 4. The average molecular weight is 284 g/mol. The molecule has 0 aromatic carbocycles. The fourth-order valence-electron chi connectivity index (χ4n) is 3.35. The molecule has 2 fully saturated rings. The van der Waals surface area contributed by atoms with Crippen LogP contribution in [0, 0.1) is 5.92 Å². The fraction of sp³-hybridized carbons (Fsp3) is 0.857. The van der Waals surface area contributed by atoms with Gasteiger partial charge in [-0.3, -0.25) is 4.79 Å². The minimum absolute atomic E-state index is 0.153. The van der Waals surface area contributed by atoms with E-state index in [-0.39, 0.29) is 5.91 Å². The van der Waals surface area contributed by atoms with Gasteiger partial charge in [-0.2, -0.15) is 0 Å². The lowest BCUT2D eigenvalue weighted by atomic mass is 9.89. The third-order valence-corrected chi connectivity index (χ3v) is 4.29. The second kappa shape index (κ2) is 7.04. The minimum Gasteiger partial charge on any atom is -0.480 e. The monoisotopic (exact) mass is 284 g/mol. The Morgan fingerprint density at radius 2 is 2.00 bits per heavy atom. The van der Waals surface area contributed by atoms with E-state index in [0.29, 0.717) is 37.5 Å². The van der Waals surface area contributed by atoms with Crippen LogP contribution in [0.25, 0.3) is 0 Å². The highest BCUT2D eigenvalue weighted by Gasteiger charge is 2.34. The van der Waals surface area contributed by atoms with Gasteiger partial charge in [0.05, 0.1) is 0 Å². The number of fused-ring (bicyclic) bond motifs is 2. The minimum atomic E-state index is -0.999. The summed E-state index contributed by atoms with van der Waals surface area (Å²) in [4.78, 5) is 23.1. The van der Waals surface area contributed by atoms with Crippen LogP contribution in [-0.2, 0) is 14.3 Å². The summed E-state index contributed by atoms with van der Waals surface area (Å²) in [6.45, 7) is 0.328. The van der Waals surface area contributed by atoms with Crippen LogP contribution in [-0.4, -0.2) is 48.8 Å². The number of hydrogen-bond donors (Lipinski definition) is 3.